The summed E-state index contributed by atoms with van der Waals surface area (Å²) in [5.41, 5.74) is 10.9. The highest BCUT2D eigenvalue weighted by Gasteiger charge is 2.39. The van der Waals surface area contributed by atoms with Gasteiger partial charge in [0, 0.05) is 27.8 Å². The minimum atomic E-state index is -4.32. The van der Waals surface area contributed by atoms with Crippen LogP contribution in [0.4, 0.5) is 0 Å². The molecule has 0 unspecified atom stereocenters. The van der Waals surface area contributed by atoms with Gasteiger partial charge in [0.2, 0.25) is 0 Å². The van der Waals surface area contributed by atoms with E-state index in [1.165, 1.54) is 6.07 Å². The standard InChI is InChI=1S/2C20H16NO4S2.C18H12NO4S2.C17H12NO4S2/c1-13-7-3-5-9-15(13)17-11-12-18(16-10-6-4-8-14(16)2)20-19(17)26(22,23)21-27(20,24)25;1-13-14(2)18(16-11-7-4-8-12-16)20-19(26(22,23)21-27(20,24)25)17(13)15-9-5-3-6-10-15;20-24(21)17-15(13-7-3-1-4-8-13)11-12-16(14-9-5-2-6-10-14)18(17)25(22,23)19-24;1-11-9-10-15-17(24(21,22)18-23(15,19)20)16(11)14-8-4-6-12-5-2-3-7-13(12)14/h2*3-12H,1-2H3;1-12H;2-10H,1H3/q4*-1. The molecule has 0 saturated carbocycles. The molecule has 4 aliphatic heterocycles. The van der Waals surface area contributed by atoms with Gasteiger partial charge in [0.15, 0.2) is 0 Å². The molecule has 0 saturated heterocycles. The minimum Gasteiger partial charge on any atom is -0.427 e. The Labute approximate surface area is 598 Å². The fourth-order valence-electron chi connectivity index (χ4n) is 13.1. The molecule has 0 radical (unpaired) electrons. The average Bonchev–Trinajstić information content (AvgIpc) is 1.59. The summed E-state index contributed by atoms with van der Waals surface area (Å²) in [4.78, 5) is -1.91. The van der Waals surface area contributed by atoms with Crippen molar-refractivity contribution in [3.8, 4) is 77.9 Å². The number of nitrogens with zero attached hydrogens (tertiary/aromatic N) is 4. The Morgan fingerprint density at radius 2 is 0.505 bits per heavy atom. The van der Waals surface area contributed by atoms with Gasteiger partial charge in [-0.3, -0.25) is 0 Å². The lowest BCUT2D eigenvalue weighted by Crippen LogP contribution is -2.04. The third-order valence-electron chi connectivity index (χ3n) is 17.6. The Hall–Kier alpha value is -9.66. The van der Waals surface area contributed by atoms with Crippen LogP contribution in [-0.2, 0) is 80.2 Å². The lowest BCUT2D eigenvalue weighted by molar-refractivity contribution is 0.600. The molecule has 0 amide bonds. The van der Waals surface area contributed by atoms with Crippen LogP contribution >= 0.6 is 0 Å². The summed E-state index contributed by atoms with van der Waals surface area (Å²) < 4.78 is 213. The van der Waals surface area contributed by atoms with Gasteiger partial charge in [-0.05, 0) is 129 Å². The van der Waals surface area contributed by atoms with Crippen molar-refractivity contribution >= 4 is 91.0 Å². The molecule has 16 rings (SSSR count). The maximum atomic E-state index is 12.8. The summed E-state index contributed by atoms with van der Waals surface area (Å²) >= 11 is 0. The first-order valence-electron chi connectivity index (χ1n) is 31.1. The van der Waals surface area contributed by atoms with Gasteiger partial charge in [0.1, 0.15) is 80.2 Å². The van der Waals surface area contributed by atoms with E-state index < -0.39 is 80.2 Å². The number of rotatable bonds is 7. The second-order valence-corrected chi connectivity index (χ2v) is 37.4. The van der Waals surface area contributed by atoms with E-state index in [4.69, 9.17) is 0 Å². The van der Waals surface area contributed by atoms with E-state index in [1.54, 1.807) is 177 Å². The average molecular weight is 1530 g/mol. The summed E-state index contributed by atoms with van der Waals surface area (Å²) in [7, 11) is -34.3. The Morgan fingerprint density at radius 3 is 0.913 bits per heavy atom. The molecular formula is C75H56N4O16S8-4. The largest absolute Gasteiger partial charge is 0.427 e. The van der Waals surface area contributed by atoms with E-state index in [-0.39, 0.29) is 39.2 Å². The van der Waals surface area contributed by atoms with Gasteiger partial charge in [0.25, 0.3) is 0 Å². The molecule has 103 heavy (non-hydrogen) atoms. The van der Waals surface area contributed by atoms with Gasteiger partial charge in [-0.15, -0.1) is 0 Å². The fourth-order valence-corrected chi connectivity index (χ4v) is 28.5. The molecule has 28 heteroatoms. The molecule has 0 fully saturated rings. The molecule has 0 aromatic heterocycles. The first-order valence-corrected chi connectivity index (χ1v) is 42.6. The number of fused-ring (bicyclic) bond motifs is 5. The van der Waals surface area contributed by atoms with Crippen molar-refractivity contribution in [2.75, 3.05) is 0 Å². The highest BCUT2D eigenvalue weighted by molar-refractivity contribution is 8.16. The van der Waals surface area contributed by atoms with Crippen molar-refractivity contribution in [3.63, 3.8) is 0 Å². The van der Waals surface area contributed by atoms with Crippen molar-refractivity contribution < 1.29 is 67.3 Å². The zero-order valence-electron chi connectivity index (χ0n) is 54.8. The summed E-state index contributed by atoms with van der Waals surface area (Å²) in [6.45, 7) is 9.09. The van der Waals surface area contributed by atoms with Crippen molar-refractivity contribution in [1.82, 2.24) is 0 Å². The predicted octanol–water partition coefficient (Wildman–Crippen LogP) is 16.2. The van der Waals surface area contributed by atoms with Crippen molar-refractivity contribution in [2.24, 2.45) is 0 Å². The molecule has 0 atom stereocenters. The zero-order chi connectivity index (χ0) is 73.6. The van der Waals surface area contributed by atoms with Crippen LogP contribution in [0.3, 0.4) is 0 Å². The highest BCUT2D eigenvalue weighted by atomic mass is 32.3. The van der Waals surface area contributed by atoms with Gasteiger partial charge < -0.3 is 16.5 Å². The molecule has 4 aliphatic rings. The van der Waals surface area contributed by atoms with Gasteiger partial charge in [-0.2, -0.15) is 0 Å². The minimum absolute atomic E-state index is 0.223. The quantitative estimate of drug-likeness (QED) is 0.143. The smallest absolute Gasteiger partial charge is 0.114 e. The third-order valence-corrected chi connectivity index (χ3v) is 31.9. The molecule has 0 aliphatic carbocycles. The van der Waals surface area contributed by atoms with Gasteiger partial charge in [0.05, 0.1) is 39.2 Å². The molecule has 524 valence electrons. The molecule has 0 N–H and O–H groups in total. The Balaban J connectivity index is 0.000000122. The molecule has 0 bridgehead atoms. The van der Waals surface area contributed by atoms with E-state index in [1.807, 2.05) is 100 Å². The van der Waals surface area contributed by atoms with Crippen LogP contribution < -0.4 is 0 Å². The van der Waals surface area contributed by atoms with E-state index in [9.17, 15) is 67.3 Å². The topological polar surface area (TPSA) is 330 Å². The molecule has 12 aromatic carbocycles. The molecule has 12 aromatic rings. The number of hydrogen-bond donors (Lipinski definition) is 0. The van der Waals surface area contributed by atoms with Crippen LogP contribution in [-0.4, -0.2) is 67.3 Å². The summed E-state index contributed by atoms with van der Waals surface area (Å²) in [5, 5.41) is 1.80. The predicted molar refractivity (Wildman–Crippen MR) is 396 cm³/mol. The summed E-state index contributed by atoms with van der Waals surface area (Å²) in [6.07, 6.45) is 0. The lowest BCUT2D eigenvalue weighted by Gasteiger charge is -2.20. The second-order valence-electron chi connectivity index (χ2n) is 24.1. The van der Waals surface area contributed by atoms with Crippen LogP contribution in [0, 0.1) is 34.6 Å². The summed E-state index contributed by atoms with van der Waals surface area (Å²) in [6, 6.07) is 72.6. The van der Waals surface area contributed by atoms with Gasteiger partial charge in [-0.25, -0.2) is 67.3 Å². The van der Waals surface area contributed by atoms with Crippen molar-refractivity contribution in [2.45, 2.75) is 73.8 Å². The van der Waals surface area contributed by atoms with Gasteiger partial charge in [-0.1, -0.05) is 243 Å². The molecule has 0 spiro atoms. The van der Waals surface area contributed by atoms with E-state index in [0.717, 1.165) is 33.0 Å². The molecule has 4 heterocycles. The van der Waals surface area contributed by atoms with Crippen LogP contribution in [0.1, 0.15) is 27.8 Å². The Kier molecular flexibility index (Phi) is 18.5. The van der Waals surface area contributed by atoms with Crippen LogP contribution in [0.5, 0.6) is 0 Å². The number of hydrogen-bond acceptors (Lipinski definition) is 16. The lowest BCUT2D eigenvalue weighted by atomic mass is 9.90. The van der Waals surface area contributed by atoms with Gasteiger partial charge >= 0.3 is 0 Å². The Morgan fingerprint density at radius 1 is 0.204 bits per heavy atom. The SMILES string of the molecule is Cc1c(C)c(-c2ccccc2)c2c(c1-c1ccccc1)S(=O)(=O)[N-]S2(=O)=O.Cc1ccc2c(c1-c1cccc3ccccc13)S(=O)(=O)[N-]S2(=O)=O.Cc1ccccc1-c1ccc(-c2ccccc2C)c2c1S(=O)(=O)[N-]S2(=O)=O.O=S1(=O)[N-]S(=O)(=O)c2c(-c3ccccc3)ccc(-c3ccccc3)c21. The molecular weight excluding hydrogens is 1470 g/mol. The third kappa shape index (κ3) is 13.0. The number of sulfonamides is 8. The van der Waals surface area contributed by atoms with Crippen molar-refractivity contribution in [3.05, 3.63) is 293 Å². The van der Waals surface area contributed by atoms with E-state index in [0.29, 0.717) is 83.5 Å². The maximum absolute atomic E-state index is 12.8. The van der Waals surface area contributed by atoms with Crippen molar-refractivity contribution in [1.29, 1.82) is 0 Å². The van der Waals surface area contributed by atoms with E-state index >= 15 is 0 Å². The highest BCUT2D eigenvalue weighted by Crippen LogP contribution is 2.54. The zero-order valence-corrected chi connectivity index (χ0v) is 61.3. The Bertz CT molecular complexity index is 6230. The first-order chi connectivity index (χ1) is 48.7. The molecule has 20 nitrogen and oxygen atoms in total. The second kappa shape index (κ2) is 26.6. The summed E-state index contributed by atoms with van der Waals surface area (Å²) in [5.74, 6) is 0. The number of benzene rings is 12. The first kappa shape index (κ1) is 71.7. The number of aryl methyl sites for hydroxylation is 3. The maximum Gasteiger partial charge on any atom is 0.114 e. The van der Waals surface area contributed by atoms with Crippen LogP contribution in [0.15, 0.2) is 288 Å². The van der Waals surface area contributed by atoms with Crippen LogP contribution in [0.2, 0.25) is 0 Å². The van der Waals surface area contributed by atoms with E-state index in [2.05, 4.69) is 16.5 Å². The monoisotopic (exact) mass is 1520 g/mol. The fraction of sp³-hybridized carbons (Fsp3) is 0.0667. The van der Waals surface area contributed by atoms with Crippen LogP contribution in [0.25, 0.3) is 105 Å². The normalized spacial score (nSPS) is 17.1.